The fourth-order valence-electron chi connectivity index (χ4n) is 2.71. The summed E-state index contributed by atoms with van der Waals surface area (Å²) < 4.78 is 19.1. The molecule has 0 aromatic heterocycles. The van der Waals surface area contributed by atoms with Crippen LogP contribution in [-0.4, -0.2) is 6.10 Å². The summed E-state index contributed by atoms with van der Waals surface area (Å²) in [4.78, 5) is 0. The fourth-order valence-corrected chi connectivity index (χ4v) is 2.71. The maximum absolute atomic E-state index is 13.2. The van der Waals surface area contributed by atoms with Crippen molar-refractivity contribution in [2.45, 2.75) is 64.0 Å². The summed E-state index contributed by atoms with van der Waals surface area (Å²) in [5.74, 6) is 0.523. The molecule has 1 heterocycles. The molecule has 19 heavy (non-hydrogen) atoms. The van der Waals surface area contributed by atoms with Crippen molar-refractivity contribution in [1.29, 1.82) is 0 Å². The Hall–Kier alpha value is -1.09. The van der Waals surface area contributed by atoms with Gasteiger partial charge in [0.25, 0.3) is 0 Å². The molecule has 2 atom stereocenters. The number of benzene rings is 1. The van der Waals surface area contributed by atoms with Gasteiger partial charge in [0.1, 0.15) is 17.7 Å². The molecule has 0 saturated carbocycles. The lowest BCUT2D eigenvalue weighted by Gasteiger charge is -2.30. The van der Waals surface area contributed by atoms with Crippen LogP contribution in [0.3, 0.4) is 0 Å². The molecule has 1 aliphatic rings. The summed E-state index contributed by atoms with van der Waals surface area (Å²) >= 11 is 0. The number of fused-ring (bicyclic) bond motifs is 1. The highest BCUT2D eigenvalue weighted by Gasteiger charge is 2.25. The standard InChI is InChI=1S/C16H24FNO/c1-2-3-4-5-6-7-13-11-15(18)14-10-12(17)8-9-16(14)19-13/h8-10,13,15H,2-7,11,18H2,1H3. The maximum Gasteiger partial charge on any atom is 0.124 e. The molecular formula is C16H24FNO. The lowest BCUT2D eigenvalue weighted by atomic mass is 9.94. The lowest BCUT2D eigenvalue weighted by Crippen LogP contribution is -2.29. The number of nitrogens with two attached hydrogens (primary N) is 1. The van der Waals surface area contributed by atoms with Gasteiger partial charge in [-0.1, -0.05) is 32.6 Å². The molecule has 3 heteroatoms. The van der Waals surface area contributed by atoms with Gasteiger partial charge in [-0.2, -0.15) is 0 Å². The quantitative estimate of drug-likeness (QED) is 0.777. The van der Waals surface area contributed by atoms with E-state index in [1.165, 1.54) is 44.2 Å². The molecule has 2 unspecified atom stereocenters. The monoisotopic (exact) mass is 265 g/mol. The molecular weight excluding hydrogens is 241 g/mol. The zero-order valence-electron chi connectivity index (χ0n) is 11.7. The predicted molar refractivity (Wildman–Crippen MR) is 75.7 cm³/mol. The highest BCUT2D eigenvalue weighted by atomic mass is 19.1. The van der Waals surface area contributed by atoms with E-state index in [0.29, 0.717) is 0 Å². The minimum Gasteiger partial charge on any atom is -0.490 e. The van der Waals surface area contributed by atoms with E-state index in [2.05, 4.69) is 6.92 Å². The highest BCUT2D eigenvalue weighted by molar-refractivity contribution is 5.38. The fraction of sp³-hybridized carbons (Fsp3) is 0.625. The third kappa shape index (κ3) is 3.93. The molecule has 0 amide bonds. The first-order chi connectivity index (χ1) is 9.20. The minimum absolute atomic E-state index is 0.0971. The molecule has 0 aliphatic carbocycles. The number of hydrogen-bond donors (Lipinski definition) is 1. The van der Waals surface area contributed by atoms with E-state index in [0.717, 1.165) is 24.2 Å². The van der Waals surface area contributed by atoms with Gasteiger partial charge in [-0.15, -0.1) is 0 Å². The lowest BCUT2D eigenvalue weighted by molar-refractivity contribution is 0.146. The second-order valence-electron chi connectivity index (χ2n) is 5.47. The van der Waals surface area contributed by atoms with E-state index < -0.39 is 0 Å². The van der Waals surface area contributed by atoms with Crippen LogP contribution in [0.2, 0.25) is 0 Å². The topological polar surface area (TPSA) is 35.2 Å². The van der Waals surface area contributed by atoms with Gasteiger partial charge in [-0.3, -0.25) is 0 Å². The SMILES string of the molecule is CCCCCCCC1CC(N)c2cc(F)ccc2O1. The number of hydrogen-bond acceptors (Lipinski definition) is 2. The van der Waals surface area contributed by atoms with Crippen molar-refractivity contribution >= 4 is 0 Å². The Kier molecular flexibility index (Phi) is 5.20. The number of rotatable bonds is 6. The number of halogens is 1. The average molecular weight is 265 g/mol. The van der Waals surface area contributed by atoms with Crippen LogP contribution >= 0.6 is 0 Å². The summed E-state index contributed by atoms with van der Waals surface area (Å²) in [6.07, 6.45) is 8.37. The van der Waals surface area contributed by atoms with Gasteiger partial charge in [0, 0.05) is 18.0 Å². The van der Waals surface area contributed by atoms with E-state index >= 15 is 0 Å². The zero-order valence-corrected chi connectivity index (χ0v) is 11.7. The third-order valence-electron chi connectivity index (χ3n) is 3.81. The zero-order chi connectivity index (χ0) is 13.7. The van der Waals surface area contributed by atoms with Crippen molar-refractivity contribution in [3.8, 4) is 5.75 Å². The van der Waals surface area contributed by atoms with Gasteiger partial charge in [-0.25, -0.2) is 4.39 Å². The van der Waals surface area contributed by atoms with Gasteiger partial charge in [0.2, 0.25) is 0 Å². The Labute approximate surface area is 115 Å². The Morgan fingerprint density at radius 1 is 1.26 bits per heavy atom. The largest absolute Gasteiger partial charge is 0.490 e. The average Bonchev–Trinajstić information content (AvgIpc) is 2.39. The molecule has 1 aromatic rings. The molecule has 0 fully saturated rings. The van der Waals surface area contributed by atoms with Crippen LogP contribution in [0.1, 0.15) is 63.5 Å². The van der Waals surface area contributed by atoms with Crippen LogP contribution in [0.25, 0.3) is 0 Å². The van der Waals surface area contributed by atoms with Crippen LogP contribution in [0.4, 0.5) is 4.39 Å². The molecule has 2 N–H and O–H groups in total. The van der Waals surface area contributed by atoms with Gasteiger partial charge < -0.3 is 10.5 Å². The van der Waals surface area contributed by atoms with Gasteiger partial charge in [0.15, 0.2) is 0 Å². The molecule has 0 bridgehead atoms. The summed E-state index contributed by atoms with van der Waals surface area (Å²) in [6.45, 7) is 2.22. The summed E-state index contributed by atoms with van der Waals surface area (Å²) in [5, 5.41) is 0. The highest BCUT2D eigenvalue weighted by Crippen LogP contribution is 2.35. The van der Waals surface area contributed by atoms with E-state index in [1.54, 1.807) is 6.07 Å². The van der Waals surface area contributed by atoms with Crippen molar-refractivity contribution in [3.05, 3.63) is 29.6 Å². The molecule has 2 rings (SSSR count). The van der Waals surface area contributed by atoms with E-state index in [-0.39, 0.29) is 18.0 Å². The molecule has 0 radical (unpaired) electrons. The second-order valence-corrected chi connectivity index (χ2v) is 5.47. The summed E-state index contributed by atoms with van der Waals surface area (Å²) in [6, 6.07) is 4.54. The van der Waals surface area contributed by atoms with Crippen LogP contribution < -0.4 is 10.5 Å². The summed E-state index contributed by atoms with van der Waals surface area (Å²) in [7, 11) is 0. The molecule has 0 saturated heterocycles. The molecule has 106 valence electrons. The van der Waals surface area contributed by atoms with Crippen LogP contribution in [0, 0.1) is 5.82 Å². The van der Waals surface area contributed by atoms with Crippen molar-refractivity contribution in [2.75, 3.05) is 0 Å². The molecule has 1 aromatic carbocycles. The van der Waals surface area contributed by atoms with E-state index in [9.17, 15) is 4.39 Å². The van der Waals surface area contributed by atoms with Gasteiger partial charge >= 0.3 is 0 Å². The Bertz CT molecular complexity index is 408. The Morgan fingerprint density at radius 2 is 2.05 bits per heavy atom. The summed E-state index contributed by atoms with van der Waals surface area (Å²) in [5.41, 5.74) is 6.92. The predicted octanol–water partition coefficient (Wildman–Crippen LogP) is 4.34. The van der Waals surface area contributed by atoms with Crippen LogP contribution in [0.5, 0.6) is 5.75 Å². The van der Waals surface area contributed by atoms with Crippen molar-refractivity contribution < 1.29 is 9.13 Å². The second kappa shape index (κ2) is 6.90. The Balaban J connectivity index is 1.85. The van der Waals surface area contributed by atoms with E-state index in [1.807, 2.05) is 0 Å². The first kappa shape index (κ1) is 14.3. The van der Waals surface area contributed by atoms with Crippen LogP contribution in [-0.2, 0) is 0 Å². The maximum atomic E-state index is 13.2. The minimum atomic E-state index is -0.240. The van der Waals surface area contributed by atoms with Crippen molar-refractivity contribution in [1.82, 2.24) is 0 Å². The van der Waals surface area contributed by atoms with E-state index in [4.69, 9.17) is 10.5 Å². The number of ether oxygens (including phenoxy) is 1. The molecule has 2 nitrogen and oxygen atoms in total. The Morgan fingerprint density at radius 3 is 2.84 bits per heavy atom. The first-order valence-electron chi connectivity index (χ1n) is 7.42. The number of unbranched alkanes of at least 4 members (excludes halogenated alkanes) is 4. The van der Waals surface area contributed by atoms with Crippen LogP contribution in [0.15, 0.2) is 18.2 Å². The third-order valence-corrected chi connectivity index (χ3v) is 3.81. The van der Waals surface area contributed by atoms with Crippen molar-refractivity contribution in [3.63, 3.8) is 0 Å². The molecule has 1 aliphatic heterocycles. The smallest absolute Gasteiger partial charge is 0.124 e. The van der Waals surface area contributed by atoms with Crippen molar-refractivity contribution in [2.24, 2.45) is 5.73 Å². The van der Waals surface area contributed by atoms with Gasteiger partial charge in [0.05, 0.1) is 0 Å². The normalized spacial score (nSPS) is 21.8. The van der Waals surface area contributed by atoms with Gasteiger partial charge in [-0.05, 0) is 31.0 Å². The molecule has 0 spiro atoms. The first-order valence-corrected chi connectivity index (χ1v) is 7.42.